The summed E-state index contributed by atoms with van der Waals surface area (Å²) in [6.07, 6.45) is 0.0595. The van der Waals surface area contributed by atoms with Crippen LogP contribution in [0.5, 0.6) is 0 Å². The summed E-state index contributed by atoms with van der Waals surface area (Å²) in [6, 6.07) is 13.2. The molecule has 4 rings (SSSR count). The van der Waals surface area contributed by atoms with Gasteiger partial charge in [0, 0.05) is 44.2 Å². The molecule has 2 aromatic carbocycles. The van der Waals surface area contributed by atoms with Crippen LogP contribution in [0.4, 0.5) is 0 Å². The molecule has 1 saturated heterocycles. The largest absolute Gasteiger partial charge is 0.465 e. The molecule has 8 nitrogen and oxygen atoms in total. The van der Waals surface area contributed by atoms with Crippen molar-refractivity contribution < 1.29 is 23.9 Å². The fraction of sp³-hybridized carbons (Fsp3) is 0.360. The number of carbonyl (C=O) groups is 4. The molecule has 0 N–H and O–H groups in total. The van der Waals surface area contributed by atoms with Crippen LogP contribution in [0.1, 0.15) is 45.7 Å². The van der Waals surface area contributed by atoms with Crippen molar-refractivity contribution in [3.8, 4) is 0 Å². The molecule has 0 unspecified atom stereocenters. The van der Waals surface area contributed by atoms with Gasteiger partial charge in [-0.1, -0.05) is 35.9 Å². The van der Waals surface area contributed by atoms with Gasteiger partial charge in [-0.15, -0.1) is 0 Å². The first-order valence-corrected chi connectivity index (χ1v) is 11.7. The lowest BCUT2D eigenvalue weighted by atomic mass is 10.0. The standard InChI is InChI=1S/C25H26ClN3O5/c1-2-34-25(33)22(17-7-9-18(26)10-8-17)28-15-13-27(14-16-28)21(30)11-12-29-23(31)19-5-3-4-6-20(19)24(29)32/h3-10,22H,2,11-16H2,1H3/t22-/m0/s1. The molecule has 2 heterocycles. The SMILES string of the molecule is CCOC(=O)[C@H](c1ccc(Cl)cc1)N1CCN(C(=O)CCN2C(=O)c3ccccc3C2=O)CC1. The van der Waals surface area contributed by atoms with Crippen LogP contribution in [0.2, 0.25) is 5.02 Å². The van der Waals surface area contributed by atoms with Gasteiger partial charge in [-0.3, -0.25) is 24.2 Å². The molecule has 2 aliphatic heterocycles. The molecular formula is C25H26ClN3O5. The van der Waals surface area contributed by atoms with Crippen molar-refractivity contribution in [2.45, 2.75) is 19.4 Å². The molecule has 34 heavy (non-hydrogen) atoms. The van der Waals surface area contributed by atoms with Crippen LogP contribution in [0.3, 0.4) is 0 Å². The van der Waals surface area contributed by atoms with Gasteiger partial charge < -0.3 is 9.64 Å². The number of carbonyl (C=O) groups excluding carboxylic acids is 4. The van der Waals surface area contributed by atoms with Crippen LogP contribution >= 0.6 is 11.6 Å². The van der Waals surface area contributed by atoms with Gasteiger partial charge in [-0.25, -0.2) is 4.79 Å². The minimum atomic E-state index is -0.576. The predicted octanol–water partition coefficient (Wildman–Crippen LogP) is 2.77. The number of ether oxygens (including phenoxy) is 1. The molecular weight excluding hydrogens is 458 g/mol. The van der Waals surface area contributed by atoms with Gasteiger partial charge in [0.1, 0.15) is 6.04 Å². The second-order valence-electron chi connectivity index (χ2n) is 8.18. The van der Waals surface area contributed by atoms with Crippen LogP contribution in [0.15, 0.2) is 48.5 Å². The van der Waals surface area contributed by atoms with Gasteiger partial charge in [0.15, 0.2) is 0 Å². The number of amides is 3. The Morgan fingerprint density at radius 2 is 1.53 bits per heavy atom. The highest BCUT2D eigenvalue weighted by molar-refractivity contribution is 6.30. The zero-order valence-electron chi connectivity index (χ0n) is 18.9. The summed E-state index contributed by atoms with van der Waals surface area (Å²) in [4.78, 5) is 55.4. The van der Waals surface area contributed by atoms with Crippen molar-refractivity contribution >= 4 is 35.3 Å². The smallest absolute Gasteiger partial charge is 0.328 e. The van der Waals surface area contributed by atoms with E-state index in [-0.39, 0.29) is 43.3 Å². The predicted molar refractivity (Wildman–Crippen MR) is 125 cm³/mol. The third-order valence-corrected chi connectivity index (χ3v) is 6.41. The average molecular weight is 484 g/mol. The summed E-state index contributed by atoms with van der Waals surface area (Å²) in [5.74, 6) is -1.19. The average Bonchev–Trinajstić information content (AvgIpc) is 3.09. The minimum Gasteiger partial charge on any atom is -0.465 e. The molecule has 178 valence electrons. The van der Waals surface area contributed by atoms with Gasteiger partial charge in [0.05, 0.1) is 17.7 Å². The summed E-state index contributed by atoms with van der Waals surface area (Å²) in [6.45, 7) is 3.94. The molecule has 1 fully saturated rings. The topological polar surface area (TPSA) is 87.2 Å². The first-order chi connectivity index (χ1) is 16.4. The molecule has 0 aliphatic carbocycles. The fourth-order valence-electron chi connectivity index (χ4n) is 4.40. The number of nitrogens with zero attached hydrogens (tertiary/aromatic N) is 3. The van der Waals surface area contributed by atoms with Crippen LogP contribution in [0, 0.1) is 0 Å². The summed E-state index contributed by atoms with van der Waals surface area (Å²) in [5.41, 5.74) is 1.54. The van der Waals surface area contributed by atoms with E-state index in [1.165, 1.54) is 0 Å². The molecule has 0 aromatic heterocycles. The Morgan fingerprint density at radius 1 is 0.941 bits per heavy atom. The normalized spacial score (nSPS) is 17.0. The van der Waals surface area contributed by atoms with Gasteiger partial charge in [0.2, 0.25) is 5.91 Å². The van der Waals surface area contributed by atoms with Crippen LogP contribution in [-0.4, -0.2) is 77.7 Å². The Hall–Kier alpha value is -3.23. The highest BCUT2D eigenvalue weighted by atomic mass is 35.5. The zero-order chi connectivity index (χ0) is 24.2. The second-order valence-corrected chi connectivity index (χ2v) is 8.62. The Morgan fingerprint density at radius 3 is 2.09 bits per heavy atom. The quantitative estimate of drug-likeness (QED) is 0.444. The highest BCUT2D eigenvalue weighted by Gasteiger charge is 2.36. The van der Waals surface area contributed by atoms with Crippen LogP contribution in [0.25, 0.3) is 0 Å². The summed E-state index contributed by atoms with van der Waals surface area (Å²) in [7, 11) is 0. The van der Waals surface area contributed by atoms with E-state index in [4.69, 9.17) is 16.3 Å². The molecule has 9 heteroatoms. The Labute approximate surface area is 203 Å². The van der Waals surface area contributed by atoms with Crippen molar-refractivity contribution in [3.63, 3.8) is 0 Å². The third-order valence-electron chi connectivity index (χ3n) is 6.16. The minimum absolute atomic E-state index is 0.0433. The lowest BCUT2D eigenvalue weighted by Crippen LogP contribution is -2.51. The van der Waals surface area contributed by atoms with E-state index in [2.05, 4.69) is 0 Å². The number of halogens is 1. The maximum Gasteiger partial charge on any atom is 0.328 e. The number of hydrogen-bond acceptors (Lipinski definition) is 6. The molecule has 2 aliphatic rings. The summed E-state index contributed by atoms with van der Waals surface area (Å²) >= 11 is 6.00. The molecule has 1 atom stereocenters. The number of fused-ring (bicyclic) bond motifs is 1. The highest BCUT2D eigenvalue weighted by Crippen LogP contribution is 2.26. The molecule has 0 saturated carbocycles. The number of esters is 1. The molecule has 0 radical (unpaired) electrons. The maximum absolute atomic E-state index is 12.8. The molecule has 2 aromatic rings. The van der Waals surface area contributed by atoms with E-state index in [0.29, 0.717) is 42.3 Å². The van der Waals surface area contributed by atoms with Gasteiger partial charge in [-0.05, 0) is 36.8 Å². The third kappa shape index (κ3) is 4.83. The monoisotopic (exact) mass is 483 g/mol. The van der Waals surface area contributed by atoms with E-state index in [0.717, 1.165) is 10.5 Å². The second kappa shape index (κ2) is 10.4. The molecule has 3 amide bonds. The summed E-state index contributed by atoms with van der Waals surface area (Å²) in [5, 5.41) is 0.583. The van der Waals surface area contributed by atoms with E-state index >= 15 is 0 Å². The lowest BCUT2D eigenvalue weighted by Gasteiger charge is -2.38. The number of hydrogen-bond donors (Lipinski definition) is 0. The van der Waals surface area contributed by atoms with Gasteiger partial charge in [-0.2, -0.15) is 0 Å². The lowest BCUT2D eigenvalue weighted by molar-refractivity contribution is -0.151. The molecule has 0 spiro atoms. The van der Waals surface area contributed by atoms with Crippen molar-refractivity contribution in [2.24, 2.45) is 0 Å². The first kappa shape index (κ1) is 23.9. The number of rotatable bonds is 7. The number of benzene rings is 2. The van der Waals surface area contributed by atoms with Gasteiger partial charge >= 0.3 is 5.97 Å². The van der Waals surface area contributed by atoms with Crippen molar-refractivity contribution in [1.82, 2.24) is 14.7 Å². The summed E-state index contributed by atoms with van der Waals surface area (Å²) < 4.78 is 5.30. The van der Waals surface area contributed by atoms with E-state index in [9.17, 15) is 19.2 Å². The number of imide groups is 1. The fourth-order valence-corrected chi connectivity index (χ4v) is 4.53. The van der Waals surface area contributed by atoms with Gasteiger partial charge in [0.25, 0.3) is 11.8 Å². The maximum atomic E-state index is 12.8. The zero-order valence-corrected chi connectivity index (χ0v) is 19.7. The van der Waals surface area contributed by atoms with E-state index in [1.54, 1.807) is 48.2 Å². The number of piperazine rings is 1. The van der Waals surface area contributed by atoms with Crippen molar-refractivity contribution in [1.29, 1.82) is 0 Å². The van der Waals surface area contributed by atoms with Crippen LogP contribution < -0.4 is 0 Å². The first-order valence-electron chi connectivity index (χ1n) is 11.3. The Balaban J connectivity index is 1.35. The molecule has 0 bridgehead atoms. The van der Waals surface area contributed by atoms with E-state index < -0.39 is 6.04 Å². The van der Waals surface area contributed by atoms with E-state index in [1.807, 2.05) is 17.0 Å². The Bertz CT molecular complexity index is 1060. The Kier molecular flexibility index (Phi) is 7.29. The van der Waals surface area contributed by atoms with Crippen molar-refractivity contribution in [2.75, 3.05) is 39.3 Å². The van der Waals surface area contributed by atoms with Crippen molar-refractivity contribution in [3.05, 3.63) is 70.2 Å². The van der Waals surface area contributed by atoms with Crippen LogP contribution in [-0.2, 0) is 14.3 Å².